The molecule has 1 heterocycles. The first-order valence-corrected chi connectivity index (χ1v) is 11.1. The summed E-state index contributed by atoms with van der Waals surface area (Å²) in [5.74, 6) is 0.175. The summed E-state index contributed by atoms with van der Waals surface area (Å²) in [7, 11) is 0. The lowest BCUT2D eigenvalue weighted by Gasteiger charge is -2.37. The molecule has 0 radical (unpaired) electrons. The number of carbonyl (C=O) groups excluding carboxylic acids is 2. The van der Waals surface area contributed by atoms with Gasteiger partial charge in [-0.15, -0.1) is 0 Å². The molecule has 3 amide bonds. The highest BCUT2D eigenvalue weighted by Crippen LogP contribution is 2.32. The van der Waals surface area contributed by atoms with E-state index in [1.165, 1.54) is 11.1 Å². The molecule has 0 aromatic heterocycles. The summed E-state index contributed by atoms with van der Waals surface area (Å²) >= 11 is 0. The average molecular weight is 406 g/mol. The number of hydrogen-bond acceptors (Lipinski definition) is 2. The van der Waals surface area contributed by atoms with Gasteiger partial charge in [0.25, 0.3) is 0 Å². The minimum atomic E-state index is 0.00437. The number of benzene rings is 2. The number of amides is 3. The van der Waals surface area contributed by atoms with Crippen LogP contribution in [0.2, 0.25) is 0 Å². The summed E-state index contributed by atoms with van der Waals surface area (Å²) in [5.41, 5.74) is 4.99. The molecule has 2 aromatic rings. The maximum atomic E-state index is 13.4. The maximum absolute atomic E-state index is 13.4. The highest BCUT2D eigenvalue weighted by atomic mass is 16.2. The van der Waals surface area contributed by atoms with Crippen molar-refractivity contribution in [2.24, 2.45) is 5.92 Å². The predicted molar refractivity (Wildman–Crippen MR) is 121 cm³/mol. The first-order chi connectivity index (χ1) is 14.5. The standard InChI is InChI=1S/C25H31N3O2/c1-18-12-13-23(22(16-18)26-24(29)20-9-5-6-10-20)28-15-7-14-27(25(28)30)17-21-11-4-3-8-19(21)2/h3-4,8,11-13,16,20H,5-7,9-10,14-15,17H2,1-2H3,(H,26,29). The SMILES string of the molecule is Cc1ccc(N2CCCN(Cc3ccccc3C)C2=O)c(NC(=O)C2CCCC2)c1. The Balaban J connectivity index is 1.55. The first kappa shape index (κ1) is 20.5. The van der Waals surface area contributed by atoms with E-state index in [1.807, 2.05) is 47.1 Å². The van der Waals surface area contributed by atoms with Crippen LogP contribution >= 0.6 is 0 Å². The van der Waals surface area contributed by atoms with Crippen LogP contribution in [-0.4, -0.2) is 29.9 Å². The normalized spacial score (nSPS) is 17.5. The van der Waals surface area contributed by atoms with Crippen molar-refractivity contribution >= 4 is 23.3 Å². The molecule has 1 aliphatic carbocycles. The molecular formula is C25H31N3O2. The van der Waals surface area contributed by atoms with E-state index < -0.39 is 0 Å². The Bertz CT molecular complexity index is 934. The van der Waals surface area contributed by atoms with Crippen molar-refractivity contribution in [1.29, 1.82) is 0 Å². The zero-order valence-electron chi connectivity index (χ0n) is 18.0. The third-order valence-electron chi connectivity index (χ3n) is 6.36. The summed E-state index contributed by atoms with van der Waals surface area (Å²) in [6.07, 6.45) is 5.07. The number of nitrogens with zero attached hydrogens (tertiary/aromatic N) is 2. The quantitative estimate of drug-likeness (QED) is 0.737. The minimum Gasteiger partial charge on any atom is -0.324 e. The van der Waals surface area contributed by atoms with E-state index >= 15 is 0 Å². The van der Waals surface area contributed by atoms with Crippen LogP contribution in [0, 0.1) is 19.8 Å². The van der Waals surface area contributed by atoms with E-state index in [0.717, 1.165) is 55.6 Å². The average Bonchev–Trinajstić information content (AvgIpc) is 3.27. The van der Waals surface area contributed by atoms with Gasteiger partial charge < -0.3 is 10.2 Å². The van der Waals surface area contributed by atoms with Gasteiger partial charge in [-0.25, -0.2) is 4.79 Å². The Morgan fingerprint density at radius 3 is 2.57 bits per heavy atom. The van der Waals surface area contributed by atoms with Crippen LogP contribution in [0.15, 0.2) is 42.5 Å². The molecule has 0 unspecified atom stereocenters. The molecule has 30 heavy (non-hydrogen) atoms. The van der Waals surface area contributed by atoms with Crippen LogP contribution in [0.5, 0.6) is 0 Å². The molecule has 2 fully saturated rings. The number of nitrogens with one attached hydrogen (secondary N) is 1. The van der Waals surface area contributed by atoms with Gasteiger partial charge in [0.05, 0.1) is 11.4 Å². The molecule has 2 aromatic carbocycles. The van der Waals surface area contributed by atoms with Crippen LogP contribution in [-0.2, 0) is 11.3 Å². The van der Waals surface area contributed by atoms with Crippen molar-refractivity contribution in [1.82, 2.24) is 4.90 Å². The number of carbonyl (C=O) groups is 2. The number of aryl methyl sites for hydroxylation is 2. The fourth-order valence-electron chi connectivity index (χ4n) is 4.55. The molecule has 1 saturated heterocycles. The summed E-state index contributed by atoms with van der Waals surface area (Å²) in [6.45, 7) is 6.12. The first-order valence-electron chi connectivity index (χ1n) is 11.1. The molecule has 4 rings (SSSR count). The largest absolute Gasteiger partial charge is 0.324 e. The second kappa shape index (κ2) is 8.90. The molecule has 1 saturated carbocycles. The lowest BCUT2D eigenvalue weighted by Crippen LogP contribution is -2.49. The van der Waals surface area contributed by atoms with Gasteiger partial charge in [-0.05, 0) is 61.9 Å². The predicted octanol–water partition coefficient (Wildman–Crippen LogP) is 5.26. The van der Waals surface area contributed by atoms with Crippen LogP contribution in [0.3, 0.4) is 0 Å². The molecule has 0 bridgehead atoms. The van der Waals surface area contributed by atoms with Gasteiger partial charge in [0.2, 0.25) is 5.91 Å². The van der Waals surface area contributed by atoms with E-state index in [0.29, 0.717) is 13.1 Å². The van der Waals surface area contributed by atoms with Gasteiger partial charge in [-0.2, -0.15) is 0 Å². The second-order valence-corrected chi connectivity index (χ2v) is 8.63. The van der Waals surface area contributed by atoms with Crippen molar-refractivity contribution in [3.8, 4) is 0 Å². The van der Waals surface area contributed by atoms with Crippen molar-refractivity contribution in [2.45, 2.75) is 52.5 Å². The Morgan fingerprint density at radius 2 is 1.80 bits per heavy atom. The number of anilines is 2. The number of urea groups is 1. The van der Waals surface area contributed by atoms with Crippen molar-refractivity contribution in [3.63, 3.8) is 0 Å². The van der Waals surface area contributed by atoms with Crippen molar-refractivity contribution in [3.05, 3.63) is 59.2 Å². The van der Waals surface area contributed by atoms with Gasteiger partial charge in [-0.1, -0.05) is 43.2 Å². The van der Waals surface area contributed by atoms with Crippen LogP contribution < -0.4 is 10.2 Å². The maximum Gasteiger partial charge on any atom is 0.324 e. The molecular weight excluding hydrogens is 374 g/mol. The topological polar surface area (TPSA) is 52.6 Å². The van der Waals surface area contributed by atoms with Crippen molar-refractivity contribution in [2.75, 3.05) is 23.3 Å². The minimum absolute atomic E-state index is 0.00437. The zero-order chi connectivity index (χ0) is 21.1. The number of hydrogen-bond donors (Lipinski definition) is 1. The summed E-state index contributed by atoms with van der Waals surface area (Å²) in [5, 5.41) is 3.13. The van der Waals surface area contributed by atoms with Gasteiger partial charge >= 0.3 is 6.03 Å². The Kier molecular flexibility index (Phi) is 6.07. The molecule has 0 spiro atoms. The highest BCUT2D eigenvalue weighted by molar-refractivity contribution is 6.01. The molecule has 1 N–H and O–H groups in total. The van der Waals surface area contributed by atoms with Crippen LogP contribution in [0.4, 0.5) is 16.2 Å². The summed E-state index contributed by atoms with van der Waals surface area (Å²) < 4.78 is 0. The van der Waals surface area contributed by atoms with Gasteiger partial charge in [-0.3, -0.25) is 9.69 Å². The fraction of sp³-hybridized carbons (Fsp3) is 0.440. The van der Waals surface area contributed by atoms with Crippen molar-refractivity contribution < 1.29 is 9.59 Å². The monoisotopic (exact) mass is 405 g/mol. The zero-order valence-corrected chi connectivity index (χ0v) is 18.0. The Labute approximate surface area is 179 Å². The third kappa shape index (κ3) is 4.35. The van der Waals surface area contributed by atoms with E-state index in [2.05, 4.69) is 24.4 Å². The molecule has 2 aliphatic rings. The highest BCUT2D eigenvalue weighted by Gasteiger charge is 2.30. The second-order valence-electron chi connectivity index (χ2n) is 8.63. The molecule has 158 valence electrons. The molecule has 5 nitrogen and oxygen atoms in total. The summed E-state index contributed by atoms with van der Waals surface area (Å²) in [4.78, 5) is 29.9. The van der Waals surface area contributed by atoms with E-state index in [-0.39, 0.29) is 17.9 Å². The lowest BCUT2D eigenvalue weighted by molar-refractivity contribution is -0.119. The molecule has 0 atom stereocenters. The third-order valence-corrected chi connectivity index (χ3v) is 6.36. The molecule has 1 aliphatic heterocycles. The van der Waals surface area contributed by atoms with Crippen LogP contribution in [0.25, 0.3) is 0 Å². The lowest BCUT2D eigenvalue weighted by atomic mass is 10.1. The summed E-state index contributed by atoms with van der Waals surface area (Å²) in [6, 6.07) is 14.2. The van der Waals surface area contributed by atoms with Gasteiger partial charge in [0.1, 0.15) is 0 Å². The van der Waals surface area contributed by atoms with E-state index in [4.69, 9.17) is 0 Å². The van der Waals surface area contributed by atoms with Crippen LogP contribution in [0.1, 0.15) is 48.8 Å². The smallest absolute Gasteiger partial charge is 0.324 e. The van der Waals surface area contributed by atoms with E-state index in [1.54, 1.807) is 0 Å². The number of rotatable bonds is 5. The Morgan fingerprint density at radius 1 is 1.03 bits per heavy atom. The van der Waals surface area contributed by atoms with E-state index in [9.17, 15) is 9.59 Å². The molecule has 5 heteroatoms. The Hall–Kier alpha value is -2.82. The van der Waals surface area contributed by atoms with Gasteiger partial charge in [0, 0.05) is 25.6 Å². The van der Waals surface area contributed by atoms with Gasteiger partial charge in [0.15, 0.2) is 0 Å². The fourth-order valence-corrected chi connectivity index (χ4v) is 4.55.